The summed E-state index contributed by atoms with van der Waals surface area (Å²) >= 11 is 0. The molecule has 5 nitrogen and oxygen atoms in total. The summed E-state index contributed by atoms with van der Waals surface area (Å²) in [5, 5.41) is 12.0. The van der Waals surface area contributed by atoms with Gasteiger partial charge in [0.05, 0.1) is 6.54 Å². The predicted molar refractivity (Wildman–Crippen MR) is 51.0 cm³/mol. The van der Waals surface area contributed by atoms with Gasteiger partial charge in [-0.05, 0) is 10.7 Å². The molecule has 2 rings (SSSR count). The maximum absolute atomic E-state index is 11.2. The Morgan fingerprint density at radius 3 is 2.80 bits per heavy atom. The first-order valence-electron chi connectivity index (χ1n) is 4.32. The smallest absolute Gasteiger partial charge is 0.295 e. The summed E-state index contributed by atoms with van der Waals surface area (Å²) in [6.45, 7) is 0.298. The van der Waals surface area contributed by atoms with E-state index in [4.69, 9.17) is 5.26 Å². The van der Waals surface area contributed by atoms with Crippen molar-refractivity contribution in [2.45, 2.75) is 6.54 Å². The SMILES string of the molecule is N#Cc1noc(=O)n1Cc1ccccc1. The quantitative estimate of drug-likeness (QED) is 0.718. The molecule has 2 aromatic rings. The van der Waals surface area contributed by atoms with Gasteiger partial charge in [0.25, 0.3) is 5.82 Å². The predicted octanol–water partition coefficient (Wildman–Crippen LogP) is 0.756. The summed E-state index contributed by atoms with van der Waals surface area (Å²) in [6, 6.07) is 11.1. The summed E-state index contributed by atoms with van der Waals surface area (Å²) in [7, 11) is 0. The van der Waals surface area contributed by atoms with E-state index in [1.165, 1.54) is 4.57 Å². The number of benzene rings is 1. The fraction of sp³-hybridized carbons (Fsp3) is 0.100. The van der Waals surface area contributed by atoms with Gasteiger partial charge >= 0.3 is 5.76 Å². The van der Waals surface area contributed by atoms with Crippen LogP contribution in [-0.4, -0.2) is 9.72 Å². The largest absolute Gasteiger partial charge is 0.442 e. The third kappa shape index (κ3) is 1.79. The zero-order valence-corrected chi connectivity index (χ0v) is 7.75. The van der Waals surface area contributed by atoms with Crippen molar-refractivity contribution in [3.8, 4) is 6.07 Å². The fourth-order valence-electron chi connectivity index (χ4n) is 1.25. The van der Waals surface area contributed by atoms with Gasteiger partial charge < -0.3 is 0 Å². The molecular weight excluding hydrogens is 194 g/mol. The molecule has 15 heavy (non-hydrogen) atoms. The van der Waals surface area contributed by atoms with Crippen LogP contribution in [0.5, 0.6) is 0 Å². The minimum atomic E-state index is -0.615. The lowest BCUT2D eigenvalue weighted by atomic mass is 10.2. The molecule has 5 heteroatoms. The molecule has 74 valence electrons. The number of nitriles is 1. The van der Waals surface area contributed by atoms with Crippen molar-refractivity contribution >= 4 is 0 Å². The van der Waals surface area contributed by atoms with Gasteiger partial charge in [-0.1, -0.05) is 30.3 Å². The van der Waals surface area contributed by atoms with Gasteiger partial charge in [-0.15, -0.1) is 0 Å². The van der Waals surface area contributed by atoms with E-state index < -0.39 is 5.76 Å². The lowest BCUT2D eigenvalue weighted by Gasteiger charge is -1.99. The molecule has 1 aromatic carbocycles. The van der Waals surface area contributed by atoms with Gasteiger partial charge in [-0.25, -0.2) is 9.36 Å². The summed E-state index contributed by atoms with van der Waals surface area (Å²) in [5.74, 6) is -0.626. The molecule has 0 fully saturated rings. The zero-order chi connectivity index (χ0) is 10.7. The summed E-state index contributed by atoms with van der Waals surface area (Å²) in [5.41, 5.74) is 0.916. The average Bonchev–Trinajstić information content (AvgIpc) is 2.62. The Balaban J connectivity index is 2.37. The highest BCUT2D eigenvalue weighted by atomic mass is 16.5. The Morgan fingerprint density at radius 2 is 2.13 bits per heavy atom. The number of nitrogens with zero attached hydrogens (tertiary/aromatic N) is 3. The standard InChI is InChI=1S/C10H7N3O2/c11-6-9-12-15-10(14)13(9)7-8-4-2-1-3-5-8/h1-5H,7H2. The normalized spacial score (nSPS) is 9.80. The maximum Gasteiger partial charge on any atom is 0.442 e. The van der Waals surface area contributed by atoms with Crippen molar-refractivity contribution in [2.75, 3.05) is 0 Å². The van der Waals surface area contributed by atoms with Crippen LogP contribution in [0.4, 0.5) is 0 Å². The van der Waals surface area contributed by atoms with Gasteiger partial charge in [0, 0.05) is 0 Å². The van der Waals surface area contributed by atoms with Crippen LogP contribution in [0, 0.1) is 11.3 Å². The van der Waals surface area contributed by atoms with Crippen LogP contribution in [-0.2, 0) is 6.54 Å². The summed E-state index contributed by atoms with van der Waals surface area (Å²) in [4.78, 5) is 11.2. The van der Waals surface area contributed by atoms with Crippen molar-refractivity contribution in [1.29, 1.82) is 5.26 Å². The minimum absolute atomic E-state index is 0.0103. The molecular formula is C10H7N3O2. The van der Waals surface area contributed by atoms with Crippen LogP contribution >= 0.6 is 0 Å². The first kappa shape index (κ1) is 9.21. The van der Waals surface area contributed by atoms with Crippen LogP contribution in [0.15, 0.2) is 39.6 Å². The van der Waals surface area contributed by atoms with Crippen molar-refractivity contribution < 1.29 is 4.52 Å². The Kier molecular flexibility index (Phi) is 2.33. The van der Waals surface area contributed by atoms with Crippen LogP contribution in [0.25, 0.3) is 0 Å². The molecule has 0 unspecified atom stereocenters. The van der Waals surface area contributed by atoms with E-state index in [2.05, 4.69) is 9.68 Å². The molecule has 1 aromatic heterocycles. The molecule has 0 saturated heterocycles. The second-order valence-corrected chi connectivity index (χ2v) is 2.96. The van der Waals surface area contributed by atoms with Gasteiger partial charge in [-0.3, -0.25) is 4.52 Å². The maximum atomic E-state index is 11.2. The third-order valence-corrected chi connectivity index (χ3v) is 1.97. The lowest BCUT2D eigenvalue weighted by Crippen LogP contribution is -2.16. The molecule has 0 aliphatic heterocycles. The van der Waals surface area contributed by atoms with E-state index in [1.54, 1.807) is 6.07 Å². The molecule has 0 amide bonds. The fourth-order valence-corrected chi connectivity index (χ4v) is 1.25. The first-order chi connectivity index (χ1) is 7.31. The average molecular weight is 201 g/mol. The van der Waals surface area contributed by atoms with Gasteiger partial charge in [0.1, 0.15) is 6.07 Å². The highest BCUT2D eigenvalue weighted by Gasteiger charge is 2.09. The van der Waals surface area contributed by atoms with Gasteiger partial charge in [-0.2, -0.15) is 5.26 Å². The number of hydrogen-bond donors (Lipinski definition) is 0. The van der Waals surface area contributed by atoms with Crippen molar-refractivity contribution in [2.24, 2.45) is 0 Å². The van der Waals surface area contributed by atoms with Crippen molar-refractivity contribution in [1.82, 2.24) is 9.72 Å². The Morgan fingerprint density at radius 1 is 1.40 bits per heavy atom. The Labute approximate surface area is 85.2 Å². The lowest BCUT2D eigenvalue weighted by molar-refractivity contribution is 0.376. The van der Waals surface area contributed by atoms with E-state index in [9.17, 15) is 4.79 Å². The zero-order valence-electron chi connectivity index (χ0n) is 7.75. The Hall–Kier alpha value is -2.35. The molecule has 0 radical (unpaired) electrons. The van der Waals surface area contributed by atoms with Crippen molar-refractivity contribution in [3.05, 3.63) is 52.3 Å². The number of hydrogen-bond acceptors (Lipinski definition) is 4. The molecule has 0 aliphatic carbocycles. The highest BCUT2D eigenvalue weighted by Crippen LogP contribution is 2.01. The molecule has 0 spiro atoms. The Bertz CT molecular complexity index is 548. The van der Waals surface area contributed by atoms with E-state index in [-0.39, 0.29) is 5.82 Å². The second-order valence-electron chi connectivity index (χ2n) is 2.96. The van der Waals surface area contributed by atoms with E-state index >= 15 is 0 Å². The van der Waals surface area contributed by atoms with Crippen LogP contribution in [0.3, 0.4) is 0 Å². The monoisotopic (exact) mass is 201 g/mol. The van der Waals surface area contributed by atoms with E-state index in [0.29, 0.717) is 6.54 Å². The molecule has 0 saturated carbocycles. The van der Waals surface area contributed by atoms with Crippen LogP contribution in [0.2, 0.25) is 0 Å². The third-order valence-electron chi connectivity index (χ3n) is 1.97. The first-order valence-corrected chi connectivity index (χ1v) is 4.32. The van der Waals surface area contributed by atoms with Gasteiger partial charge in [0.2, 0.25) is 0 Å². The summed E-state index contributed by atoms with van der Waals surface area (Å²) < 4.78 is 5.58. The minimum Gasteiger partial charge on any atom is -0.295 e. The molecule has 0 N–H and O–H groups in total. The van der Waals surface area contributed by atoms with E-state index in [1.807, 2.05) is 30.3 Å². The van der Waals surface area contributed by atoms with Gasteiger partial charge in [0.15, 0.2) is 0 Å². The second kappa shape index (κ2) is 3.80. The molecule has 0 aliphatic rings. The molecule has 1 heterocycles. The highest BCUT2D eigenvalue weighted by molar-refractivity contribution is 5.17. The number of rotatable bonds is 2. The van der Waals surface area contributed by atoms with Crippen LogP contribution in [0.1, 0.15) is 11.4 Å². The summed E-state index contributed by atoms with van der Waals surface area (Å²) in [6.07, 6.45) is 0. The number of aromatic nitrogens is 2. The van der Waals surface area contributed by atoms with E-state index in [0.717, 1.165) is 5.56 Å². The van der Waals surface area contributed by atoms with Crippen molar-refractivity contribution in [3.63, 3.8) is 0 Å². The molecule has 0 bridgehead atoms. The van der Waals surface area contributed by atoms with Crippen LogP contribution < -0.4 is 5.76 Å². The molecule has 0 atom stereocenters. The topological polar surface area (TPSA) is 71.8 Å².